The normalized spacial score (nSPS) is 30.7. The minimum atomic E-state index is -0.536. The molecular weight excluding hydrogens is 192 g/mol. The van der Waals surface area contributed by atoms with Crippen molar-refractivity contribution in [3.8, 4) is 0 Å². The summed E-state index contributed by atoms with van der Waals surface area (Å²) in [6, 6.07) is 3.93. The predicted octanol–water partition coefficient (Wildman–Crippen LogP) is 0.714. The molecule has 1 aliphatic rings. The standard InChI is InChI=1S/C11H16N2O2/c1-11(14-8-10(7-12)15-11)6-9-2-4-13-5-3-9/h2-5,10H,6-8,12H2,1H3. The highest BCUT2D eigenvalue weighted by atomic mass is 16.7. The van der Waals surface area contributed by atoms with Gasteiger partial charge in [-0.25, -0.2) is 0 Å². The third-order valence-electron chi connectivity index (χ3n) is 2.53. The van der Waals surface area contributed by atoms with Gasteiger partial charge in [0.15, 0.2) is 5.79 Å². The molecule has 82 valence electrons. The summed E-state index contributed by atoms with van der Waals surface area (Å²) in [6.07, 6.45) is 4.30. The Morgan fingerprint density at radius 3 is 2.87 bits per heavy atom. The first kappa shape index (κ1) is 10.5. The zero-order valence-electron chi connectivity index (χ0n) is 8.85. The predicted molar refractivity (Wildman–Crippen MR) is 56.2 cm³/mol. The van der Waals surface area contributed by atoms with E-state index in [9.17, 15) is 0 Å². The number of ether oxygens (including phenoxy) is 2. The first-order chi connectivity index (χ1) is 7.22. The van der Waals surface area contributed by atoms with Gasteiger partial charge >= 0.3 is 0 Å². The van der Waals surface area contributed by atoms with Crippen LogP contribution in [-0.4, -0.2) is 30.0 Å². The highest BCUT2D eigenvalue weighted by Crippen LogP contribution is 2.26. The molecule has 2 N–H and O–H groups in total. The Morgan fingerprint density at radius 1 is 1.53 bits per heavy atom. The molecule has 2 heterocycles. The minimum Gasteiger partial charge on any atom is -0.347 e. The van der Waals surface area contributed by atoms with Gasteiger partial charge in [0.05, 0.1) is 12.7 Å². The fraction of sp³-hybridized carbons (Fsp3) is 0.545. The number of hydrogen-bond acceptors (Lipinski definition) is 4. The summed E-state index contributed by atoms with van der Waals surface area (Å²) in [5, 5.41) is 0. The maximum atomic E-state index is 5.73. The Hall–Kier alpha value is -0.970. The van der Waals surface area contributed by atoms with Crippen molar-refractivity contribution in [2.75, 3.05) is 13.2 Å². The van der Waals surface area contributed by atoms with Gasteiger partial charge in [-0.15, -0.1) is 0 Å². The minimum absolute atomic E-state index is 0.0248. The summed E-state index contributed by atoms with van der Waals surface area (Å²) >= 11 is 0. The zero-order chi connectivity index (χ0) is 10.7. The van der Waals surface area contributed by atoms with Crippen LogP contribution in [0, 0.1) is 0 Å². The molecule has 15 heavy (non-hydrogen) atoms. The first-order valence-electron chi connectivity index (χ1n) is 5.12. The Labute approximate surface area is 89.4 Å². The highest BCUT2D eigenvalue weighted by Gasteiger charge is 2.36. The van der Waals surface area contributed by atoms with Crippen LogP contribution >= 0.6 is 0 Å². The molecule has 0 aliphatic carbocycles. The van der Waals surface area contributed by atoms with Crippen LogP contribution in [0.25, 0.3) is 0 Å². The number of aromatic nitrogens is 1. The molecular formula is C11H16N2O2. The molecule has 1 aliphatic heterocycles. The molecule has 1 aromatic rings. The van der Waals surface area contributed by atoms with Crippen LogP contribution in [0.2, 0.25) is 0 Å². The molecule has 2 rings (SSSR count). The van der Waals surface area contributed by atoms with Crippen molar-refractivity contribution in [1.82, 2.24) is 4.98 Å². The second kappa shape index (κ2) is 4.26. The van der Waals surface area contributed by atoms with E-state index in [1.165, 1.54) is 0 Å². The number of nitrogens with zero attached hydrogens (tertiary/aromatic N) is 1. The molecule has 1 aromatic heterocycles. The summed E-state index contributed by atoms with van der Waals surface area (Å²) in [5.41, 5.74) is 6.69. The van der Waals surface area contributed by atoms with Crippen molar-refractivity contribution in [3.05, 3.63) is 30.1 Å². The van der Waals surface area contributed by atoms with E-state index < -0.39 is 5.79 Å². The summed E-state index contributed by atoms with van der Waals surface area (Å²) in [5.74, 6) is -0.536. The van der Waals surface area contributed by atoms with Gasteiger partial charge in [-0.1, -0.05) is 0 Å². The maximum Gasteiger partial charge on any atom is 0.170 e. The Balaban J connectivity index is 2.00. The van der Waals surface area contributed by atoms with Gasteiger partial charge in [-0.05, 0) is 24.6 Å². The molecule has 4 heteroatoms. The lowest BCUT2D eigenvalue weighted by molar-refractivity contribution is -0.151. The van der Waals surface area contributed by atoms with E-state index in [-0.39, 0.29) is 6.10 Å². The zero-order valence-corrected chi connectivity index (χ0v) is 8.85. The van der Waals surface area contributed by atoms with E-state index in [1.807, 2.05) is 19.1 Å². The van der Waals surface area contributed by atoms with Crippen molar-refractivity contribution < 1.29 is 9.47 Å². The van der Waals surface area contributed by atoms with Crippen LogP contribution in [0.1, 0.15) is 12.5 Å². The van der Waals surface area contributed by atoms with Gasteiger partial charge in [0.1, 0.15) is 0 Å². The summed E-state index contributed by atoms with van der Waals surface area (Å²) < 4.78 is 11.4. The lowest BCUT2D eigenvalue weighted by Crippen LogP contribution is -2.31. The summed E-state index contributed by atoms with van der Waals surface area (Å²) in [7, 11) is 0. The fourth-order valence-electron chi connectivity index (χ4n) is 1.77. The lowest BCUT2D eigenvalue weighted by Gasteiger charge is -2.23. The van der Waals surface area contributed by atoms with E-state index in [0.717, 1.165) is 12.0 Å². The van der Waals surface area contributed by atoms with Crippen LogP contribution in [0.3, 0.4) is 0 Å². The molecule has 0 spiro atoms. The lowest BCUT2D eigenvalue weighted by atomic mass is 10.1. The second-order valence-corrected chi connectivity index (χ2v) is 3.95. The average Bonchev–Trinajstić information content (AvgIpc) is 2.61. The highest BCUT2D eigenvalue weighted by molar-refractivity contribution is 5.12. The van der Waals surface area contributed by atoms with E-state index in [1.54, 1.807) is 12.4 Å². The van der Waals surface area contributed by atoms with E-state index in [4.69, 9.17) is 15.2 Å². The van der Waals surface area contributed by atoms with Crippen LogP contribution < -0.4 is 5.73 Å². The van der Waals surface area contributed by atoms with Crippen LogP contribution in [0.4, 0.5) is 0 Å². The number of pyridine rings is 1. The number of rotatable bonds is 3. The van der Waals surface area contributed by atoms with E-state index >= 15 is 0 Å². The smallest absolute Gasteiger partial charge is 0.170 e. The van der Waals surface area contributed by atoms with Crippen molar-refractivity contribution in [1.29, 1.82) is 0 Å². The SMILES string of the molecule is CC1(Cc2ccncc2)OCC(CN)O1. The van der Waals surface area contributed by atoms with Crippen molar-refractivity contribution in [3.63, 3.8) is 0 Å². The third kappa shape index (κ3) is 2.53. The third-order valence-corrected chi connectivity index (χ3v) is 2.53. The monoisotopic (exact) mass is 208 g/mol. The average molecular weight is 208 g/mol. The van der Waals surface area contributed by atoms with Gasteiger partial charge in [-0.2, -0.15) is 0 Å². The first-order valence-corrected chi connectivity index (χ1v) is 5.12. The van der Waals surface area contributed by atoms with Crippen molar-refractivity contribution in [2.24, 2.45) is 5.73 Å². The summed E-state index contributed by atoms with van der Waals surface area (Å²) in [6.45, 7) is 3.03. The van der Waals surface area contributed by atoms with Crippen LogP contribution in [-0.2, 0) is 15.9 Å². The van der Waals surface area contributed by atoms with Gasteiger partial charge in [0.2, 0.25) is 0 Å². The van der Waals surface area contributed by atoms with Crippen LogP contribution in [0.15, 0.2) is 24.5 Å². The molecule has 0 aromatic carbocycles. The molecule has 1 fully saturated rings. The van der Waals surface area contributed by atoms with E-state index in [0.29, 0.717) is 13.2 Å². The van der Waals surface area contributed by atoms with Gasteiger partial charge in [-0.3, -0.25) is 4.98 Å². The van der Waals surface area contributed by atoms with E-state index in [2.05, 4.69) is 4.98 Å². The second-order valence-electron chi connectivity index (χ2n) is 3.95. The van der Waals surface area contributed by atoms with Gasteiger partial charge in [0.25, 0.3) is 0 Å². The quantitative estimate of drug-likeness (QED) is 0.795. The fourth-order valence-corrected chi connectivity index (χ4v) is 1.77. The maximum absolute atomic E-state index is 5.73. The van der Waals surface area contributed by atoms with Gasteiger partial charge in [0, 0.05) is 25.4 Å². The molecule has 0 bridgehead atoms. The Morgan fingerprint density at radius 2 is 2.27 bits per heavy atom. The molecule has 0 saturated carbocycles. The molecule has 4 nitrogen and oxygen atoms in total. The van der Waals surface area contributed by atoms with Crippen molar-refractivity contribution >= 4 is 0 Å². The molecule has 1 saturated heterocycles. The molecule has 2 atom stereocenters. The van der Waals surface area contributed by atoms with Crippen LogP contribution in [0.5, 0.6) is 0 Å². The van der Waals surface area contributed by atoms with Crippen molar-refractivity contribution in [2.45, 2.75) is 25.2 Å². The Bertz CT molecular complexity index is 318. The molecule has 2 unspecified atom stereocenters. The largest absolute Gasteiger partial charge is 0.347 e. The molecule has 0 radical (unpaired) electrons. The summed E-state index contributed by atoms with van der Waals surface area (Å²) in [4.78, 5) is 3.97. The van der Waals surface area contributed by atoms with Gasteiger partial charge < -0.3 is 15.2 Å². The Kier molecular flexibility index (Phi) is 3.00. The number of hydrogen-bond donors (Lipinski definition) is 1. The molecule has 0 amide bonds. The topological polar surface area (TPSA) is 57.4 Å². The number of nitrogens with two attached hydrogens (primary N) is 1.